The summed E-state index contributed by atoms with van der Waals surface area (Å²) in [6.07, 6.45) is 4.58. The van der Waals surface area contributed by atoms with Crippen LogP contribution in [-0.4, -0.2) is 18.5 Å². The number of allylic oxidation sites excluding steroid dienone is 2. The number of carbonyl (C=O) groups is 1. The van der Waals surface area contributed by atoms with Crippen molar-refractivity contribution in [2.75, 3.05) is 6.54 Å². The van der Waals surface area contributed by atoms with Crippen LogP contribution in [0.5, 0.6) is 0 Å². The molecular weight excluding hydrogens is 341 g/mol. The minimum atomic E-state index is -0.519. The van der Waals surface area contributed by atoms with Crippen molar-refractivity contribution in [1.82, 2.24) is 5.32 Å². The van der Waals surface area contributed by atoms with Gasteiger partial charge in [0.15, 0.2) is 0 Å². The first kappa shape index (κ1) is 18.1. The van der Waals surface area contributed by atoms with E-state index in [1.54, 1.807) is 18.2 Å². The van der Waals surface area contributed by atoms with Crippen LogP contribution in [-0.2, 0) is 4.79 Å². The van der Waals surface area contributed by atoms with Crippen molar-refractivity contribution in [3.05, 3.63) is 52.9 Å². The number of azo groups is 1. The number of rotatable bonds is 4. The van der Waals surface area contributed by atoms with Gasteiger partial charge in [-0.3, -0.25) is 4.79 Å². The maximum absolute atomic E-state index is 14.3. The Labute approximate surface area is 159 Å². The second-order valence-electron chi connectivity index (χ2n) is 8.47. The van der Waals surface area contributed by atoms with Crippen molar-refractivity contribution < 1.29 is 9.18 Å². The van der Waals surface area contributed by atoms with Gasteiger partial charge < -0.3 is 5.32 Å². The SMILES string of the molecule is CC1=C2C=C(c3ccccc3F)N=NC1[C@]1(C(=O)NCC(C)C)CC[C@H]2C1. The summed E-state index contributed by atoms with van der Waals surface area (Å²) >= 11 is 0. The Kier molecular flexibility index (Phi) is 4.49. The molecule has 1 aliphatic heterocycles. The monoisotopic (exact) mass is 367 g/mol. The van der Waals surface area contributed by atoms with Gasteiger partial charge in [0, 0.05) is 12.1 Å². The summed E-state index contributed by atoms with van der Waals surface area (Å²) in [5, 5.41) is 12.1. The van der Waals surface area contributed by atoms with E-state index in [2.05, 4.69) is 36.3 Å². The molecule has 1 saturated carbocycles. The van der Waals surface area contributed by atoms with Crippen LogP contribution in [0, 0.1) is 23.1 Å². The molecule has 4 nitrogen and oxygen atoms in total. The van der Waals surface area contributed by atoms with Crippen LogP contribution in [0.4, 0.5) is 4.39 Å². The molecule has 1 N–H and O–H groups in total. The van der Waals surface area contributed by atoms with E-state index in [1.165, 1.54) is 11.6 Å². The average Bonchev–Trinajstić information content (AvgIpc) is 2.99. The quantitative estimate of drug-likeness (QED) is 0.809. The molecule has 1 fully saturated rings. The van der Waals surface area contributed by atoms with Gasteiger partial charge in [-0.15, -0.1) is 0 Å². The molecule has 3 aliphatic rings. The maximum Gasteiger partial charge on any atom is 0.228 e. The fraction of sp³-hybridized carbons (Fsp3) is 0.500. The first-order valence-corrected chi connectivity index (χ1v) is 9.79. The molecule has 0 saturated heterocycles. The highest BCUT2D eigenvalue weighted by molar-refractivity contribution is 5.85. The van der Waals surface area contributed by atoms with Crippen molar-refractivity contribution in [1.29, 1.82) is 0 Å². The van der Waals surface area contributed by atoms with E-state index < -0.39 is 5.41 Å². The molecule has 3 atom stereocenters. The molecule has 1 aromatic carbocycles. The van der Waals surface area contributed by atoms with Crippen LogP contribution in [0.2, 0.25) is 0 Å². The standard InChI is InChI=1S/C22H26FN3O/c1-13(2)12-24-21(27)22-9-8-15(11-22)17-10-19(25-26-20(22)14(17)3)16-6-4-5-7-18(16)23/h4-7,10,13,15,20H,8-9,11-12H2,1-3H3,(H,24,27)/t15-,20?,22-/m0/s1. The Morgan fingerprint density at radius 3 is 2.89 bits per heavy atom. The largest absolute Gasteiger partial charge is 0.355 e. The van der Waals surface area contributed by atoms with E-state index in [-0.39, 0.29) is 17.8 Å². The molecule has 1 unspecified atom stereocenters. The molecule has 142 valence electrons. The summed E-state index contributed by atoms with van der Waals surface area (Å²) < 4.78 is 14.3. The van der Waals surface area contributed by atoms with Crippen LogP contribution in [0.25, 0.3) is 5.70 Å². The van der Waals surface area contributed by atoms with Crippen molar-refractivity contribution >= 4 is 11.6 Å². The lowest BCUT2D eigenvalue weighted by Crippen LogP contribution is -2.49. The van der Waals surface area contributed by atoms with E-state index >= 15 is 0 Å². The van der Waals surface area contributed by atoms with Crippen LogP contribution in [0.1, 0.15) is 45.6 Å². The minimum Gasteiger partial charge on any atom is -0.355 e. The third kappa shape index (κ3) is 2.93. The fourth-order valence-electron chi connectivity index (χ4n) is 4.81. The highest BCUT2D eigenvalue weighted by Gasteiger charge is 2.56. The summed E-state index contributed by atoms with van der Waals surface area (Å²) in [4.78, 5) is 13.1. The Morgan fingerprint density at radius 2 is 2.15 bits per heavy atom. The van der Waals surface area contributed by atoms with Crippen LogP contribution in [0.3, 0.4) is 0 Å². The molecule has 5 heteroatoms. The van der Waals surface area contributed by atoms with Crippen molar-refractivity contribution in [2.45, 2.75) is 46.1 Å². The van der Waals surface area contributed by atoms with E-state index in [4.69, 9.17) is 0 Å². The number of hydrogen-bond acceptors (Lipinski definition) is 3. The zero-order chi connectivity index (χ0) is 19.2. The third-order valence-electron chi connectivity index (χ3n) is 6.22. The van der Waals surface area contributed by atoms with E-state index in [0.717, 1.165) is 24.8 Å². The summed E-state index contributed by atoms with van der Waals surface area (Å²) in [7, 11) is 0. The second-order valence-corrected chi connectivity index (χ2v) is 8.47. The summed E-state index contributed by atoms with van der Waals surface area (Å²) in [6, 6.07) is 6.39. The Bertz CT molecular complexity index is 870. The van der Waals surface area contributed by atoms with E-state index in [1.807, 2.05) is 6.08 Å². The van der Waals surface area contributed by atoms with E-state index in [0.29, 0.717) is 29.6 Å². The molecular formula is C22H26FN3O. The van der Waals surface area contributed by atoms with Crippen LogP contribution >= 0.6 is 0 Å². The molecule has 1 aromatic rings. The summed E-state index contributed by atoms with van der Waals surface area (Å²) in [5.74, 6) is 0.516. The third-order valence-corrected chi connectivity index (χ3v) is 6.22. The zero-order valence-electron chi connectivity index (χ0n) is 16.1. The molecule has 0 radical (unpaired) electrons. The molecule has 4 bridgehead atoms. The number of nitrogens with zero attached hydrogens (tertiary/aromatic N) is 2. The molecule has 1 amide bonds. The number of hydrogen-bond donors (Lipinski definition) is 1. The van der Waals surface area contributed by atoms with Gasteiger partial charge in [0.2, 0.25) is 5.91 Å². The summed E-state index contributed by atoms with van der Waals surface area (Å²) in [5.41, 5.74) is 2.79. The highest BCUT2D eigenvalue weighted by atomic mass is 19.1. The van der Waals surface area contributed by atoms with Gasteiger partial charge in [-0.1, -0.05) is 26.0 Å². The minimum absolute atomic E-state index is 0.0930. The molecule has 0 spiro atoms. The number of carbonyl (C=O) groups excluding carboxylic acids is 1. The number of fused-ring (bicyclic) bond motifs is 5. The predicted molar refractivity (Wildman–Crippen MR) is 103 cm³/mol. The zero-order valence-corrected chi connectivity index (χ0v) is 16.1. The first-order valence-electron chi connectivity index (χ1n) is 9.79. The second kappa shape index (κ2) is 6.70. The maximum atomic E-state index is 14.3. The molecule has 4 rings (SSSR count). The first-order chi connectivity index (χ1) is 12.9. The van der Waals surface area contributed by atoms with Gasteiger partial charge in [0.25, 0.3) is 0 Å². The van der Waals surface area contributed by atoms with Gasteiger partial charge in [-0.25, -0.2) is 4.39 Å². The van der Waals surface area contributed by atoms with Crippen LogP contribution < -0.4 is 5.32 Å². The average molecular weight is 367 g/mol. The lowest BCUT2D eigenvalue weighted by Gasteiger charge is -2.37. The number of benzene rings is 1. The normalized spacial score (nSPS) is 29.0. The van der Waals surface area contributed by atoms with E-state index in [9.17, 15) is 9.18 Å². The molecule has 27 heavy (non-hydrogen) atoms. The fourth-order valence-corrected chi connectivity index (χ4v) is 4.81. The van der Waals surface area contributed by atoms with Gasteiger partial charge in [-0.2, -0.15) is 10.2 Å². The lowest BCUT2D eigenvalue weighted by molar-refractivity contribution is -0.132. The lowest BCUT2D eigenvalue weighted by atomic mass is 9.69. The molecule has 0 aromatic heterocycles. The Hall–Kier alpha value is -2.30. The van der Waals surface area contributed by atoms with Crippen molar-refractivity contribution in [3.63, 3.8) is 0 Å². The van der Waals surface area contributed by atoms with Crippen molar-refractivity contribution in [2.24, 2.45) is 27.5 Å². The number of amides is 1. The topological polar surface area (TPSA) is 53.8 Å². The highest BCUT2D eigenvalue weighted by Crippen LogP contribution is 2.56. The predicted octanol–water partition coefficient (Wildman–Crippen LogP) is 4.89. The van der Waals surface area contributed by atoms with Gasteiger partial charge >= 0.3 is 0 Å². The van der Waals surface area contributed by atoms with Gasteiger partial charge in [-0.05, 0) is 67.4 Å². The summed E-state index contributed by atoms with van der Waals surface area (Å²) in [6.45, 7) is 6.91. The smallest absolute Gasteiger partial charge is 0.228 e. The van der Waals surface area contributed by atoms with Gasteiger partial charge in [0.05, 0.1) is 11.1 Å². The number of halogens is 1. The van der Waals surface area contributed by atoms with Crippen molar-refractivity contribution in [3.8, 4) is 0 Å². The Morgan fingerprint density at radius 1 is 1.37 bits per heavy atom. The molecule has 1 heterocycles. The van der Waals surface area contributed by atoms with Gasteiger partial charge in [0.1, 0.15) is 11.9 Å². The van der Waals surface area contributed by atoms with Crippen LogP contribution in [0.15, 0.2) is 51.7 Å². The molecule has 2 aliphatic carbocycles. The number of nitrogens with one attached hydrogen (secondary N) is 1. The Balaban J connectivity index is 1.72.